The van der Waals surface area contributed by atoms with Crippen molar-refractivity contribution in [2.24, 2.45) is 0 Å². The molecular weight excluding hydrogens is 262 g/mol. The fraction of sp³-hybridized carbons (Fsp3) is 0.556. The molecule has 17 heavy (non-hydrogen) atoms. The fourth-order valence-electron chi connectivity index (χ4n) is 1.26. The Labute approximate surface area is 103 Å². The molecule has 0 radical (unpaired) electrons. The third-order valence-corrected chi connectivity index (χ3v) is 3.61. The highest BCUT2D eigenvalue weighted by molar-refractivity contribution is 7.92. The summed E-state index contributed by atoms with van der Waals surface area (Å²) in [5, 5.41) is 4.82. The number of hydrogen-bond acceptors (Lipinski definition) is 5. The molecule has 0 atom stereocenters. The van der Waals surface area contributed by atoms with E-state index in [-0.39, 0.29) is 12.3 Å². The van der Waals surface area contributed by atoms with Crippen LogP contribution >= 0.6 is 11.3 Å². The molecule has 0 unspecified atom stereocenters. The average Bonchev–Trinajstić information content (AvgIpc) is 2.86. The Morgan fingerprint density at radius 2 is 2.29 bits per heavy atom. The number of sulfonamides is 1. The lowest BCUT2D eigenvalue weighted by molar-refractivity contribution is -0.120. The number of thiazole rings is 1. The van der Waals surface area contributed by atoms with Crippen LogP contribution in [0, 0.1) is 0 Å². The number of anilines is 1. The van der Waals surface area contributed by atoms with Crippen molar-refractivity contribution in [3.05, 3.63) is 11.1 Å². The SMILES string of the molecule is CS(=O)(=O)Nc1nc(CC(=O)NC2CC2)cs1. The molecule has 1 aliphatic carbocycles. The molecule has 8 heteroatoms. The van der Waals surface area contributed by atoms with Gasteiger partial charge in [0.1, 0.15) is 0 Å². The van der Waals surface area contributed by atoms with Crippen LogP contribution in [0.3, 0.4) is 0 Å². The second kappa shape index (κ2) is 4.61. The zero-order valence-corrected chi connectivity index (χ0v) is 10.9. The summed E-state index contributed by atoms with van der Waals surface area (Å²) < 4.78 is 24.2. The minimum absolute atomic E-state index is 0.0660. The van der Waals surface area contributed by atoms with E-state index in [0.717, 1.165) is 19.1 Å². The maximum Gasteiger partial charge on any atom is 0.231 e. The number of amides is 1. The number of carbonyl (C=O) groups excluding carboxylic acids is 1. The zero-order chi connectivity index (χ0) is 12.5. The maximum atomic E-state index is 11.5. The van der Waals surface area contributed by atoms with Crippen molar-refractivity contribution in [3.8, 4) is 0 Å². The summed E-state index contributed by atoms with van der Waals surface area (Å²) in [5.74, 6) is -0.0660. The van der Waals surface area contributed by atoms with E-state index in [1.807, 2.05) is 0 Å². The molecule has 1 heterocycles. The summed E-state index contributed by atoms with van der Waals surface area (Å²) in [7, 11) is -3.30. The summed E-state index contributed by atoms with van der Waals surface area (Å²) in [5.41, 5.74) is 0.583. The minimum Gasteiger partial charge on any atom is -0.353 e. The normalized spacial score (nSPS) is 15.6. The molecule has 0 bridgehead atoms. The number of rotatable bonds is 5. The Balaban J connectivity index is 1.91. The van der Waals surface area contributed by atoms with E-state index in [9.17, 15) is 13.2 Å². The zero-order valence-electron chi connectivity index (χ0n) is 9.26. The van der Waals surface area contributed by atoms with E-state index < -0.39 is 10.0 Å². The molecule has 1 aromatic rings. The Hall–Kier alpha value is -1.15. The quantitative estimate of drug-likeness (QED) is 0.811. The van der Waals surface area contributed by atoms with Gasteiger partial charge in [0.2, 0.25) is 15.9 Å². The van der Waals surface area contributed by atoms with Crippen LogP contribution in [0.2, 0.25) is 0 Å². The molecule has 1 aromatic heterocycles. The van der Waals surface area contributed by atoms with E-state index in [0.29, 0.717) is 16.9 Å². The largest absolute Gasteiger partial charge is 0.353 e. The van der Waals surface area contributed by atoms with Crippen LogP contribution in [0.25, 0.3) is 0 Å². The van der Waals surface area contributed by atoms with E-state index in [1.54, 1.807) is 5.38 Å². The van der Waals surface area contributed by atoms with Gasteiger partial charge < -0.3 is 5.32 Å². The number of aromatic nitrogens is 1. The average molecular weight is 275 g/mol. The van der Waals surface area contributed by atoms with E-state index >= 15 is 0 Å². The lowest BCUT2D eigenvalue weighted by atomic mass is 10.3. The smallest absolute Gasteiger partial charge is 0.231 e. The van der Waals surface area contributed by atoms with Gasteiger partial charge in [0.25, 0.3) is 0 Å². The predicted octanol–water partition coefficient (Wildman–Crippen LogP) is 0.336. The van der Waals surface area contributed by atoms with Gasteiger partial charge in [-0.05, 0) is 12.8 Å². The van der Waals surface area contributed by atoms with Gasteiger partial charge >= 0.3 is 0 Å². The molecule has 0 saturated heterocycles. The van der Waals surface area contributed by atoms with Crippen molar-refractivity contribution in [3.63, 3.8) is 0 Å². The lowest BCUT2D eigenvalue weighted by Gasteiger charge is -2.00. The highest BCUT2D eigenvalue weighted by Crippen LogP contribution is 2.20. The van der Waals surface area contributed by atoms with Gasteiger partial charge in [-0.2, -0.15) is 0 Å². The van der Waals surface area contributed by atoms with Crippen molar-refractivity contribution < 1.29 is 13.2 Å². The summed E-state index contributed by atoms with van der Waals surface area (Å²) in [4.78, 5) is 15.5. The molecule has 0 aliphatic heterocycles. The van der Waals surface area contributed by atoms with Gasteiger partial charge in [-0.1, -0.05) is 0 Å². The van der Waals surface area contributed by atoms with Crippen LogP contribution in [0.5, 0.6) is 0 Å². The molecule has 1 fully saturated rings. The lowest BCUT2D eigenvalue weighted by Crippen LogP contribution is -2.27. The predicted molar refractivity (Wildman–Crippen MR) is 65.4 cm³/mol. The molecule has 2 rings (SSSR count). The topological polar surface area (TPSA) is 88.2 Å². The van der Waals surface area contributed by atoms with Gasteiger partial charge in [-0.25, -0.2) is 13.4 Å². The van der Waals surface area contributed by atoms with Crippen molar-refractivity contribution >= 4 is 32.4 Å². The number of hydrogen-bond donors (Lipinski definition) is 2. The van der Waals surface area contributed by atoms with Crippen LogP contribution in [-0.2, 0) is 21.2 Å². The van der Waals surface area contributed by atoms with Crippen LogP contribution in [0.1, 0.15) is 18.5 Å². The molecular formula is C9H13N3O3S2. The Kier molecular flexibility index (Phi) is 3.34. The third-order valence-electron chi connectivity index (χ3n) is 2.11. The van der Waals surface area contributed by atoms with Gasteiger partial charge in [0, 0.05) is 11.4 Å². The monoisotopic (exact) mass is 275 g/mol. The van der Waals surface area contributed by atoms with Crippen molar-refractivity contribution in [1.82, 2.24) is 10.3 Å². The second-order valence-corrected chi connectivity index (χ2v) is 6.64. The Morgan fingerprint density at radius 1 is 1.59 bits per heavy atom. The van der Waals surface area contributed by atoms with Crippen molar-refractivity contribution in [2.75, 3.05) is 11.0 Å². The first kappa shape index (κ1) is 12.3. The highest BCUT2D eigenvalue weighted by Gasteiger charge is 2.23. The standard InChI is InChI=1S/C9H13N3O3S2/c1-17(14,15)12-9-11-7(5-16-9)4-8(13)10-6-2-3-6/h5-6H,2-4H2,1H3,(H,10,13)(H,11,12). The summed E-state index contributed by atoms with van der Waals surface area (Å²) in [6, 6.07) is 0.328. The Morgan fingerprint density at radius 3 is 2.88 bits per heavy atom. The van der Waals surface area contributed by atoms with Crippen molar-refractivity contribution in [2.45, 2.75) is 25.3 Å². The minimum atomic E-state index is -3.30. The summed E-state index contributed by atoms with van der Waals surface area (Å²) in [6.07, 6.45) is 3.35. The summed E-state index contributed by atoms with van der Waals surface area (Å²) >= 11 is 1.17. The molecule has 0 spiro atoms. The number of carbonyl (C=O) groups is 1. The van der Waals surface area contributed by atoms with Gasteiger partial charge in [0.15, 0.2) is 5.13 Å². The van der Waals surface area contributed by atoms with Crippen LogP contribution in [0.15, 0.2) is 5.38 Å². The molecule has 1 amide bonds. The molecule has 1 saturated carbocycles. The van der Waals surface area contributed by atoms with E-state index in [2.05, 4.69) is 15.0 Å². The molecule has 1 aliphatic rings. The molecule has 2 N–H and O–H groups in total. The highest BCUT2D eigenvalue weighted by atomic mass is 32.2. The van der Waals surface area contributed by atoms with Crippen LogP contribution in [0.4, 0.5) is 5.13 Å². The molecule has 0 aromatic carbocycles. The van der Waals surface area contributed by atoms with Crippen LogP contribution < -0.4 is 10.0 Å². The first-order valence-corrected chi connectivity index (χ1v) is 7.91. The second-order valence-electron chi connectivity index (χ2n) is 4.04. The molecule has 94 valence electrons. The maximum absolute atomic E-state index is 11.5. The number of nitrogens with one attached hydrogen (secondary N) is 2. The number of nitrogens with zero attached hydrogens (tertiary/aromatic N) is 1. The molecule has 6 nitrogen and oxygen atoms in total. The van der Waals surface area contributed by atoms with Gasteiger partial charge in [-0.3, -0.25) is 9.52 Å². The van der Waals surface area contributed by atoms with Gasteiger partial charge in [-0.15, -0.1) is 11.3 Å². The summed E-state index contributed by atoms with van der Waals surface area (Å²) in [6.45, 7) is 0. The van der Waals surface area contributed by atoms with Crippen LogP contribution in [-0.4, -0.2) is 31.6 Å². The first-order chi connectivity index (χ1) is 7.92. The van der Waals surface area contributed by atoms with Crippen molar-refractivity contribution in [1.29, 1.82) is 0 Å². The Bertz CT molecular complexity index is 519. The van der Waals surface area contributed by atoms with Gasteiger partial charge in [0.05, 0.1) is 18.4 Å². The van der Waals surface area contributed by atoms with E-state index in [4.69, 9.17) is 0 Å². The fourth-order valence-corrected chi connectivity index (χ4v) is 2.83. The van der Waals surface area contributed by atoms with E-state index in [1.165, 1.54) is 11.3 Å². The third kappa shape index (κ3) is 4.31. The first-order valence-electron chi connectivity index (χ1n) is 5.14.